The van der Waals surface area contributed by atoms with Gasteiger partial charge in [0, 0.05) is 29.3 Å². The monoisotopic (exact) mass is 332 g/mol. The first-order valence-electron chi connectivity index (χ1n) is 8.51. The van der Waals surface area contributed by atoms with Crippen LogP contribution in [0.2, 0.25) is 0 Å². The second kappa shape index (κ2) is 6.16. The molecule has 3 heterocycles. The Labute approximate surface area is 146 Å². The van der Waals surface area contributed by atoms with Crippen LogP contribution in [0.4, 0.5) is 0 Å². The van der Waals surface area contributed by atoms with Crippen LogP contribution in [0.25, 0.3) is 22.3 Å². The van der Waals surface area contributed by atoms with Crippen LogP contribution in [-0.4, -0.2) is 38.3 Å². The molecule has 0 spiro atoms. The molecule has 5 nitrogen and oxygen atoms in total. The van der Waals surface area contributed by atoms with E-state index in [4.69, 9.17) is 0 Å². The van der Waals surface area contributed by atoms with Gasteiger partial charge in [0.25, 0.3) is 5.91 Å². The van der Waals surface area contributed by atoms with Crippen LogP contribution < -0.4 is 0 Å². The SMILES string of the molecule is CC(C)[C@@H]1C=CCN1C(=O)c1cccc(-c2ncnc3[nH]ccc23)c1. The maximum Gasteiger partial charge on any atom is 0.254 e. The van der Waals surface area contributed by atoms with E-state index in [2.05, 4.69) is 41.0 Å². The Morgan fingerprint density at radius 2 is 2.16 bits per heavy atom. The van der Waals surface area contributed by atoms with Gasteiger partial charge in [-0.3, -0.25) is 4.79 Å². The van der Waals surface area contributed by atoms with Gasteiger partial charge in [-0.15, -0.1) is 0 Å². The lowest BCUT2D eigenvalue weighted by molar-refractivity contribution is 0.0720. The summed E-state index contributed by atoms with van der Waals surface area (Å²) < 4.78 is 0. The number of benzene rings is 1. The summed E-state index contributed by atoms with van der Waals surface area (Å²) in [6.07, 6.45) is 7.59. The zero-order valence-electron chi connectivity index (χ0n) is 14.3. The minimum Gasteiger partial charge on any atom is -0.346 e. The van der Waals surface area contributed by atoms with E-state index in [-0.39, 0.29) is 11.9 Å². The molecule has 0 saturated carbocycles. The maximum absolute atomic E-state index is 13.0. The predicted molar refractivity (Wildman–Crippen MR) is 98.1 cm³/mol. The van der Waals surface area contributed by atoms with Crippen molar-refractivity contribution in [1.29, 1.82) is 0 Å². The van der Waals surface area contributed by atoms with Crippen LogP contribution in [0.15, 0.2) is 55.0 Å². The highest BCUT2D eigenvalue weighted by molar-refractivity contribution is 5.97. The van der Waals surface area contributed by atoms with Crippen LogP contribution in [0.3, 0.4) is 0 Å². The molecule has 25 heavy (non-hydrogen) atoms. The largest absolute Gasteiger partial charge is 0.346 e. The van der Waals surface area contributed by atoms with Crippen LogP contribution in [0.5, 0.6) is 0 Å². The number of H-pyrrole nitrogens is 1. The number of fused-ring (bicyclic) bond motifs is 1. The number of rotatable bonds is 3. The molecule has 0 radical (unpaired) electrons. The molecule has 2 aromatic heterocycles. The first-order chi connectivity index (χ1) is 12.1. The molecule has 0 saturated heterocycles. The van der Waals surface area contributed by atoms with E-state index in [1.807, 2.05) is 41.4 Å². The number of amides is 1. The molecule has 0 unspecified atom stereocenters. The third-order valence-corrected chi connectivity index (χ3v) is 4.68. The van der Waals surface area contributed by atoms with Crippen molar-refractivity contribution in [3.05, 3.63) is 60.6 Å². The zero-order chi connectivity index (χ0) is 17.4. The zero-order valence-corrected chi connectivity index (χ0v) is 14.3. The molecular weight excluding hydrogens is 312 g/mol. The number of carbonyl (C=O) groups excluding carboxylic acids is 1. The second-order valence-electron chi connectivity index (χ2n) is 6.66. The van der Waals surface area contributed by atoms with E-state index in [0.29, 0.717) is 18.0 Å². The molecule has 3 aromatic rings. The summed E-state index contributed by atoms with van der Waals surface area (Å²) in [5, 5.41) is 0.954. The first kappa shape index (κ1) is 15.6. The Morgan fingerprint density at radius 3 is 3.00 bits per heavy atom. The Balaban J connectivity index is 1.70. The minimum atomic E-state index is 0.0601. The van der Waals surface area contributed by atoms with Gasteiger partial charge in [0.2, 0.25) is 0 Å². The average Bonchev–Trinajstić information content (AvgIpc) is 3.30. The molecule has 1 N–H and O–H groups in total. The number of aromatic amines is 1. The Hall–Kier alpha value is -2.95. The van der Waals surface area contributed by atoms with E-state index in [0.717, 1.165) is 22.3 Å². The van der Waals surface area contributed by atoms with E-state index in [9.17, 15) is 4.79 Å². The van der Waals surface area contributed by atoms with E-state index in [1.54, 1.807) is 6.33 Å². The van der Waals surface area contributed by atoms with Gasteiger partial charge in [-0.25, -0.2) is 9.97 Å². The smallest absolute Gasteiger partial charge is 0.254 e. The minimum absolute atomic E-state index is 0.0601. The lowest BCUT2D eigenvalue weighted by Gasteiger charge is -2.27. The Kier molecular flexibility index (Phi) is 3.84. The highest BCUT2D eigenvalue weighted by atomic mass is 16.2. The maximum atomic E-state index is 13.0. The van der Waals surface area contributed by atoms with Gasteiger partial charge in [-0.05, 0) is 24.1 Å². The topological polar surface area (TPSA) is 61.9 Å². The van der Waals surface area contributed by atoms with E-state index in [1.165, 1.54) is 0 Å². The predicted octanol–water partition coefficient (Wildman–Crippen LogP) is 3.66. The Morgan fingerprint density at radius 1 is 1.28 bits per heavy atom. The third-order valence-electron chi connectivity index (χ3n) is 4.68. The van der Waals surface area contributed by atoms with Crippen molar-refractivity contribution in [2.45, 2.75) is 19.9 Å². The summed E-state index contributed by atoms with van der Waals surface area (Å²) in [5.41, 5.74) is 3.24. The molecular formula is C20H20N4O. The summed E-state index contributed by atoms with van der Waals surface area (Å²) in [4.78, 5) is 26.7. The fourth-order valence-electron chi connectivity index (χ4n) is 3.41. The number of nitrogens with one attached hydrogen (secondary N) is 1. The fourth-order valence-corrected chi connectivity index (χ4v) is 3.41. The van der Waals surface area contributed by atoms with Crippen molar-refractivity contribution in [1.82, 2.24) is 19.9 Å². The van der Waals surface area contributed by atoms with Crippen molar-refractivity contribution in [2.75, 3.05) is 6.54 Å². The fraction of sp³-hybridized carbons (Fsp3) is 0.250. The van der Waals surface area contributed by atoms with Crippen molar-refractivity contribution >= 4 is 16.9 Å². The molecule has 1 atom stereocenters. The molecule has 0 bridgehead atoms. The van der Waals surface area contributed by atoms with Crippen LogP contribution in [0, 0.1) is 5.92 Å². The first-order valence-corrected chi connectivity index (χ1v) is 8.51. The molecule has 0 aliphatic carbocycles. The standard InChI is InChI=1S/C20H20N4O/c1-13(2)17-7-4-10-24(17)20(25)15-6-3-5-14(11-15)18-16-8-9-21-19(16)23-12-22-18/h3-9,11-13,17H,10H2,1-2H3,(H,21,22,23)/t17-/m0/s1. The molecule has 1 aromatic carbocycles. The van der Waals surface area contributed by atoms with Gasteiger partial charge in [0.05, 0.1) is 11.7 Å². The van der Waals surface area contributed by atoms with Gasteiger partial charge in [0.15, 0.2) is 0 Å². The summed E-state index contributed by atoms with van der Waals surface area (Å²) in [6.45, 7) is 4.95. The number of nitrogens with zero attached hydrogens (tertiary/aromatic N) is 3. The van der Waals surface area contributed by atoms with Gasteiger partial charge < -0.3 is 9.88 Å². The molecule has 4 rings (SSSR count). The van der Waals surface area contributed by atoms with Crippen LogP contribution in [-0.2, 0) is 0 Å². The average molecular weight is 332 g/mol. The number of hydrogen-bond donors (Lipinski definition) is 1. The van der Waals surface area contributed by atoms with Crippen molar-refractivity contribution in [2.24, 2.45) is 5.92 Å². The highest BCUT2D eigenvalue weighted by Gasteiger charge is 2.28. The second-order valence-corrected chi connectivity index (χ2v) is 6.66. The van der Waals surface area contributed by atoms with E-state index < -0.39 is 0 Å². The third kappa shape index (κ3) is 2.71. The highest BCUT2D eigenvalue weighted by Crippen LogP contribution is 2.27. The molecule has 1 aliphatic heterocycles. The number of hydrogen-bond acceptors (Lipinski definition) is 3. The summed E-state index contributed by atoms with van der Waals surface area (Å²) in [5.74, 6) is 0.456. The van der Waals surface area contributed by atoms with E-state index >= 15 is 0 Å². The quantitative estimate of drug-likeness (QED) is 0.745. The van der Waals surface area contributed by atoms with Crippen molar-refractivity contribution in [3.63, 3.8) is 0 Å². The Bertz CT molecular complexity index is 957. The van der Waals surface area contributed by atoms with Gasteiger partial charge in [0.1, 0.15) is 12.0 Å². The van der Waals surface area contributed by atoms with Crippen molar-refractivity contribution < 1.29 is 4.79 Å². The number of carbonyl (C=O) groups is 1. The summed E-state index contributed by atoms with van der Waals surface area (Å²) in [6, 6.07) is 9.80. The molecule has 1 aliphatic rings. The van der Waals surface area contributed by atoms with Crippen LogP contribution in [0.1, 0.15) is 24.2 Å². The van der Waals surface area contributed by atoms with Gasteiger partial charge >= 0.3 is 0 Å². The van der Waals surface area contributed by atoms with Gasteiger partial charge in [-0.2, -0.15) is 0 Å². The lowest BCUT2D eigenvalue weighted by Crippen LogP contribution is -2.39. The normalized spacial score (nSPS) is 16.9. The summed E-state index contributed by atoms with van der Waals surface area (Å²) in [7, 11) is 0. The van der Waals surface area contributed by atoms with Crippen LogP contribution >= 0.6 is 0 Å². The number of aromatic nitrogens is 3. The van der Waals surface area contributed by atoms with Gasteiger partial charge in [-0.1, -0.05) is 38.1 Å². The molecule has 126 valence electrons. The van der Waals surface area contributed by atoms with Crippen molar-refractivity contribution in [3.8, 4) is 11.3 Å². The lowest BCUT2D eigenvalue weighted by atomic mass is 10.0. The molecule has 1 amide bonds. The molecule has 5 heteroatoms. The summed E-state index contributed by atoms with van der Waals surface area (Å²) >= 11 is 0. The molecule has 0 fully saturated rings.